The number of carbonyl (C=O) groups is 1. The molecule has 1 amide bonds. The summed E-state index contributed by atoms with van der Waals surface area (Å²) in [5.41, 5.74) is 1.40. The SMILES string of the molecule is O=C(Nc1cc(C(F)(F)F)ccc1OCc1ccccc1)C(c1ccccc1)c1ccccc1. The molecule has 172 valence electrons. The van der Waals surface area contributed by atoms with Crippen LogP contribution in [0.15, 0.2) is 109 Å². The Hall–Kier alpha value is -4.06. The number of rotatable bonds is 7. The summed E-state index contributed by atoms with van der Waals surface area (Å²) in [7, 11) is 0. The van der Waals surface area contributed by atoms with Crippen LogP contribution in [0.25, 0.3) is 0 Å². The smallest absolute Gasteiger partial charge is 0.416 e. The van der Waals surface area contributed by atoms with Gasteiger partial charge in [-0.1, -0.05) is 91.0 Å². The van der Waals surface area contributed by atoms with Crippen molar-refractivity contribution in [2.75, 3.05) is 5.32 Å². The third kappa shape index (κ3) is 5.64. The zero-order valence-corrected chi connectivity index (χ0v) is 18.1. The van der Waals surface area contributed by atoms with E-state index in [0.29, 0.717) is 0 Å². The maximum atomic E-state index is 13.5. The van der Waals surface area contributed by atoms with Gasteiger partial charge in [-0.15, -0.1) is 0 Å². The summed E-state index contributed by atoms with van der Waals surface area (Å²) >= 11 is 0. The lowest BCUT2D eigenvalue weighted by molar-refractivity contribution is -0.137. The van der Waals surface area contributed by atoms with Gasteiger partial charge in [0, 0.05) is 0 Å². The first-order valence-corrected chi connectivity index (χ1v) is 10.7. The average Bonchev–Trinajstić information content (AvgIpc) is 2.85. The van der Waals surface area contributed by atoms with E-state index in [1.54, 1.807) is 0 Å². The lowest BCUT2D eigenvalue weighted by Gasteiger charge is -2.20. The van der Waals surface area contributed by atoms with Crippen molar-refractivity contribution in [3.8, 4) is 5.75 Å². The van der Waals surface area contributed by atoms with E-state index in [-0.39, 0.29) is 18.0 Å². The number of nitrogens with one attached hydrogen (secondary N) is 1. The van der Waals surface area contributed by atoms with Crippen LogP contribution >= 0.6 is 0 Å². The molecule has 0 fully saturated rings. The molecule has 6 heteroatoms. The number of alkyl halides is 3. The van der Waals surface area contributed by atoms with Crippen LogP contribution in [0, 0.1) is 0 Å². The number of hydrogen-bond donors (Lipinski definition) is 1. The fourth-order valence-corrected chi connectivity index (χ4v) is 3.66. The highest BCUT2D eigenvalue weighted by Crippen LogP contribution is 2.36. The Bertz CT molecular complexity index is 1190. The molecule has 3 nitrogen and oxygen atoms in total. The highest BCUT2D eigenvalue weighted by atomic mass is 19.4. The Balaban J connectivity index is 1.67. The van der Waals surface area contributed by atoms with Crippen LogP contribution in [0.3, 0.4) is 0 Å². The first-order valence-electron chi connectivity index (χ1n) is 10.7. The van der Waals surface area contributed by atoms with Gasteiger partial charge in [-0.2, -0.15) is 13.2 Å². The van der Waals surface area contributed by atoms with Crippen LogP contribution in [0.5, 0.6) is 5.75 Å². The minimum absolute atomic E-state index is 0.0346. The van der Waals surface area contributed by atoms with Gasteiger partial charge in [0.25, 0.3) is 0 Å². The van der Waals surface area contributed by atoms with Gasteiger partial charge >= 0.3 is 6.18 Å². The summed E-state index contributed by atoms with van der Waals surface area (Å²) in [6.07, 6.45) is -4.56. The minimum atomic E-state index is -4.56. The van der Waals surface area contributed by atoms with Gasteiger partial charge in [-0.05, 0) is 34.9 Å². The zero-order valence-electron chi connectivity index (χ0n) is 18.1. The quantitative estimate of drug-likeness (QED) is 0.320. The molecule has 0 aliphatic carbocycles. The van der Waals surface area contributed by atoms with E-state index in [9.17, 15) is 18.0 Å². The van der Waals surface area contributed by atoms with Crippen molar-refractivity contribution in [1.29, 1.82) is 0 Å². The van der Waals surface area contributed by atoms with Gasteiger partial charge < -0.3 is 10.1 Å². The molecular formula is C28H22F3NO2. The molecule has 4 aromatic carbocycles. The molecule has 0 aliphatic heterocycles. The van der Waals surface area contributed by atoms with E-state index < -0.39 is 23.6 Å². The number of benzene rings is 4. The van der Waals surface area contributed by atoms with Gasteiger partial charge in [-0.3, -0.25) is 4.79 Å². The molecule has 0 spiro atoms. The van der Waals surface area contributed by atoms with Crippen molar-refractivity contribution in [2.45, 2.75) is 18.7 Å². The molecule has 0 radical (unpaired) electrons. The van der Waals surface area contributed by atoms with Crippen molar-refractivity contribution >= 4 is 11.6 Å². The second-order valence-electron chi connectivity index (χ2n) is 7.73. The maximum absolute atomic E-state index is 13.5. The molecule has 0 saturated carbocycles. The van der Waals surface area contributed by atoms with Gasteiger partial charge in [-0.25, -0.2) is 0 Å². The van der Waals surface area contributed by atoms with Gasteiger partial charge in [0.15, 0.2) is 0 Å². The van der Waals surface area contributed by atoms with Gasteiger partial charge in [0.2, 0.25) is 5.91 Å². The largest absolute Gasteiger partial charge is 0.487 e. The summed E-state index contributed by atoms with van der Waals surface area (Å²) in [5, 5.41) is 2.69. The van der Waals surface area contributed by atoms with Crippen LogP contribution in [-0.4, -0.2) is 5.91 Å². The zero-order chi connectivity index (χ0) is 24.0. The third-order valence-electron chi connectivity index (χ3n) is 5.33. The average molecular weight is 461 g/mol. The molecule has 4 rings (SSSR count). The van der Waals surface area contributed by atoms with E-state index in [1.807, 2.05) is 91.0 Å². The van der Waals surface area contributed by atoms with Crippen molar-refractivity contribution in [2.24, 2.45) is 0 Å². The summed E-state index contributed by atoms with van der Waals surface area (Å²) in [6.45, 7) is 0.149. The fraction of sp³-hybridized carbons (Fsp3) is 0.107. The Morgan fingerprint density at radius 3 is 1.82 bits per heavy atom. The lowest BCUT2D eigenvalue weighted by Crippen LogP contribution is -2.23. The molecule has 0 bridgehead atoms. The Morgan fingerprint density at radius 2 is 1.29 bits per heavy atom. The van der Waals surface area contributed by atoms with E-state index in [4.69, 9.17) is 4.74 Å². The topological polar surface area (TPSA) is 38.3 Å². The fourth-order valence-electron chi connectivity index (χ4n) is 3.66. The molecule has 0 heterocycles. The van der Waals surface area contributed by atoms with Crippen molar-refractivity contribution in [3.05, 3.63) is 131 Å². The highest BCUT2D eigenvalue weighted by Gasteiger charge is 2.32. The highest BCUT2D eigenvalue weighted by molar-refractivity contribution is 5.99. The van der Waals surface area contributed by atoms with Crippen LogP contribution in [0.2, 0.25) is 0 Å². The van der Waals surface area contributed by atoms with Crippen LogP contribution < -0.4 is 10.1 Å². The summed E-state index contributed by atoms with van der Waals surface area (Å²) in [5.74, 6) is -1.01. The lowest BCUT2D eigenvalue weighted by atomic mass is 9.90. The van der Waals surface area contributed by atoms with Crippen molar-refractivity contribution < 1.29 is 22.7 Å². The molecule has 34 heavy (non-hydrogen) atoms. The number of hydrogen-bond acceptors (Lipinski definition) is 2. The van der Waals surface area contributed by atoms with Crippen LogP contribution in [0.4, 0.5) is 18.9 Å². The van der Waals surface area contributed by atoms with E-state index in [2.05, 4.69) is 5.32 Å². The molecule has 0 atom stereocenters. The van der Waals surface area contributed by atoms with Gasteiger partial charge in [0.1, 0.15) is 12.4 Å². The normalized spacial score (nSPS) is 11.3. The van der Waals surface area contributed by atoms with E-state index in [0.717, 1.165) is 28.8 Å². The molecule has 0 saturated heterocycles. The standard InChI is InChI=1S/C28H22F3NO2/c29-28(30,31)23-16-17-25(34-19-20-10-4-1-5-11-20)24(18-23)32-27(33)26(21-12-6-2-7-13-21)22-14-8-3-9-15-22/h1-18,26H,19H2,(H,32,33). The number of anilines is 1. The number of amides is 1. The van der Waals surface area contributed by atoms with Crippen LogP contribution in [0.1, 0.15) is 28.2 Å². The van der Waals surface area contributed by atoms with Crippen molar-refractivity contribution in [3.63, 3.8) is 0 Å². The summed E-state index contributed by atoms with van der Waals surface area (Å²) < 4.78 is 46.1. The summed E-state index contributed by atoms with van der Waals surface area (Å²) in [6, 6.07) is 30.6. The predicted molar refractivity (Wildman–Crippen MR) is 126 cm³/mol. The maximum Gasteiger partial charge on any atom is 0.416 e. The number of carbonyl (C=O) groups excluding carboxylic acids is 1. The second kappa shape index (κ2) is 10.3. The van der Waals surface area contributed by atoms with Gasteiger partial charge in [0.05, 0.1) is 17.2 Å². The first-order chi connectivity index (χ1) is 16.4. The summed E-state index contributed by atoms with van der Waals surface area (Å²) in [4.78, 5) is 13.5. The number of ether oxygens (including phenoxy) is 1. The predicted octanol–water partition coefficient (Wildman–Crippen LogP) is 7.06. The first kappa shape index (κ1) is 23.1. The minimum Gasteiger partial charge on any atom is -0.487 e. The third-order valence-corrected chi connectivity index (χ3v) is 5.33. The molecular weight excluding hydrogens is 439 g/mol. The molecule has 0 aliphatic rings. The monoisotopic (exact) mass is 461 g/mol. The molecule has 0 aromatic heterocycles. The van der Waals surface area contributed by atoms with Crippen molar-refractivity contribution in [1.82, 2.24) is 0 Å². The molecule has 0 unspecified atom stereocenters. The van der Waals surface area contributed by atoms with E-state index >= 15 is 0 Å². The second-order valence-corrected chi connectivity index (χ2v) is 7.73. The Labute approximate surface area is 195 Å². The molecule has 4 aromatic rings. The Kier molecular flexibility index (Phi) is 6.97. The Morgan fingerprint density at radius 1 is 0.765 bits per heavy atom. The van der Waals surface area contributed by atoms with E-state index in [1.165, 1.54) is 6.07 Å². The van der Waals surface area contributed by atoms with Crippen LogP contribution in [-0.2, 0) is 17.6 Å². The number of halogens is 3. The molecule has 1 N–H and O–H groups in total.